The number of rotatable bonds is 12. The third-order valence-corrected chi connectivity index (χ3v) is 5.46. The molecule has 29 heavy (non-hydrogen) atoms. The van der Waals surface area contributed by atoms with Crippen molar-refractivity contribution >= 4 is 17.7 Å². The van der Waals surface area contributed by atoms with Gasteiger partial charge < -0.3 is 20.9 Å². The lowest BCUT2D eigenvalue weighted by molar-refractivity contribution is 0.0899. The number of amides is 1. The van der Waals surface area contributed by atoms with Crippen LogP contribution in [0.5, 0.6) is 5.75 Å². The van der Waals surface area contributed by atoms with Gasteiger partial charge in [-0.3, -0.25) is 4.79 Å². The lowest BCUT2D eigenvalue weighted by atomic mass is 10.1. The summed E-state index contributed by atoms with van der Waals surface area (Å²) in [6.45, 7) is 3.02. The van der Waals surface area contributed by atoms with Gasteiger partial charge in [0.15, 0.2) is 0 Å². The second-order valence-corrected chi connectivity index (χ2v) is 7.73. The van der Waals surface area contributed by atoms with Gasteiger partial charge in [-0.05, 0) is 61.5 Å². The molecule has 0 fully saturated rings. The van der Waals surface area contributed by atoms with Gasteiger partial charge >= 0.3 is 0 Å². The number of nitrogens with one attached hydrogen (secondary N) is 1. The number of thioether (sulfide) groups is 1. The molecule has 0 saturated carbocycles. The fourth-order valence-electron chi connectivity index (χ4n) is 2.91. The molecule has 0 heterocycles. The lowest BCUT2D eigenvalue weighted by Crippen LogP contribution is -2.35. The summed E-state index contributed by atoms with van der Waals surface area (Å²) in [5.74, 6) is 0.999. The Labute approximate surface area is 176 Å². The van der Waals surface area contributed by atoms with Crippen LogP contribution in [-0.2, 0) is 0 Å². The summed E-state index contributed by atoms with van der Waals surface area (Å²) in [7, 11) is 0. The summed E-state index contributed by atoms with van der Waals surface area (Å²) < 4.78 is 5.62. The second kappa shape index (κ2) is 12.1. The number of benzene rings is 2. The molecule has 2 aromatic rings. The lowest BCUT2D eigenvalue weighted by Gasteiger charge is -2.21. The first-order chi connectivity index (χ1) is 14.0. The van der Waals surface area contributed by atoms with Crippen molar-refractivity contribution in [2.45, 2.75) is 36.8 Å². The van der Waals surface area contributed by atoms with E-state index in [4.69, 9.17) is 15.7 Å². The Kier molecular flexibility index (Phi) is 9.51. The molecule has 0 aliphatic carbocycles. The van der Waals surface area contributed by atoms with Crippen LogP contribution in [0.1, 0.15) is 35.7 Å². The van der Waals surface area contributed by atoms with Crippen LogP contribution in [0, 0.1) is 11.3 Å². The zero-order valence-corrected chi connectivity index (χ0v) is 17.3. The summed E-state index contributed by atoms with van der Waals surface area (Å²) in [6.07, 6.45) is 0.777. The number of ether oxygens (including phenoxy) is 1. The molecule has 2 unspecified atom stereocenters. The Bertz CT molecular complexity index is 821. The molecular weight excluding hydrogens is 386 g/mol. The monoisotopic (exact) mass is 413 g/mol. The molecule has 7 heteroatoms. The molecule has 0 aliphatic heterocycles. The molecule has 1 amide bonds. The van der Waals surface area contributed by atoms with E-state index in [-0.39, 0.29) is 12.6 Å². The molecule has 0 bridgehead atoms. The van der Waals surface area contributed by atoms with Crippen molar-refractivity contribution < 1.29 is 14.6 Å². The van der Waals surface area contributed by atoms with Gasteiger partial charge in [0, 0.05) is 10.9 Å². The maximum Gasteiger partial charge on any atom is 0.249 e. The minimum atomic E-state index is -0.613. The van der Waals surface area contributed by atoms with Gasteiger partial charge in [0.25, 0.3) is 0 Å². The topological polar surface area (TPSA) is 108 Å². The van der Waals surface area contributed by atoms with Crippen molar-refractivity contribution in [1.29, 1.82) is 5.26 Å². The molecule has 0 aromatic heterocycles. The summed E-state index contributed by atoms with van der Waals surface area (Å²) >= 11 is 1.59. The van der Waals surface area contributed by atoms with Crippen molar-refractivity contribution in [3.63, 3.8) is 0 Å². The van der Waals surface area contributed by atoms with Crippen LogP contribution in [0.25, 0.3) is 0 Å². The van der Waals surface area contributed by atoms with Gasteiger partial charge in [-0.2, -0.15) is 5.26 Å². The van der Waals surface area contributed by atoms with Crippen molar-refractivity contribution in [1.82, 2.24) is 5.32 Å². The third-order valence-electron chi connectivity index (χ3n) is 4.35. The number of carbonyl (C=O) groups excluding carboxylic acids is 1. The number of primary amides is 1. The number of carbonyl (C=O) groups is 1. The highest BCUT2D eigenvalue weighted by atomic mass is 32.2. The maximum atomic E-state index is 11.5. The van der Waals surface area contributed by atoms with E-state index in [0.717, 1.165) is 23.6 Å². The number of aliphatic hydroxyl groups excluding tert-OH is 1. The predicted molar refractivity (Wildman–Crippen MR) is 115 cm³/mol. The molecule has 0 saturated heterocycles. The van der Waals surface area contributed by atoms with Gasteiger partial charge in [-0.25, -0.2) is 0 Å². The SMILES string of the molecule is CCNC(CCSc1ccccc1C(N)=O)CC(O)COc1ccc(C#N)cc1. The highest BCUT2D eigenvalue weighted by Gasteiger charge is 2.15. The number of hydrogen-bond acceptors (Lipinski definition) is 6. The highest BCUT2D eigenvalue weighted by molar-refractivity contribution is 7.99. The van der Waals surface area contributed by atoms with Crippen LogP contribution in [0.4, 0.5) is 0 Å². The smallest absolute Gasteiger partial charge is 0.249 e. The summed E-state index contributed by atoms with van der Waals surface area (Å²) in [4.78, 5) is 12.4. The van der Waals surface area contributed by atoms with Crippen LogP contribution >= 0.6 is 11.8 Å². The zero-order valence-electron chi connectivity index (χ0n) is 16.5. The Morgan fingerprint density at radius 1 is 1.28 bits per heavy atom. The van der Waals surface area contributed by atoms with Crippen LogP contribution in [0.2, 0.25) is 0 Å². The van der Waals surface area contributed by atoms with E-state index in [9.17, 15) is 9.90 Å². The Balaban J connectivity index is 1.81. The Hall–Kier alpha value is -2.53. The van der Waals surface area contributed by atoms with Gasteiger partial charge in [0.05, 0.1) is 23.3 Å². The van der Waals surface area contributed by atoms with E-state index in [0.29, 0.717) is 23.3 Å². The first-order valence-electron chi connectivity index (χ1n) is 9.59. The maximum absolute atomic E-state index is 11.5. The van der Waals surface area contributed by atoms with Crippen LogP contribution in [0.3, 0.4) is 0 Å². The molecule has 0 spiro atoms. The van der Waals surface area contributed by atoms with Crippen LogP contribution in [0.15, 0.2) is 53.4 Å². The van der Waals surface area contributed by atoms with Gasteiger partial charge in [0.2, 0.25) is 5.91 Å². The largest absolute Gasteiger partial charge is 0.491 e. The first kappa shape index (κ1) is 22.8. The van der Waals surface area contributed by atoms with Crippen LogP contribution in [-0.4, -0.2) is 42.1 Å². The van der Waals surface area contributed by atoms with Crippen molar-refractivity contribution in [3.8, 4) is 11.8 Å². The second-order valence-electron chi connectivity index (χ2n) is 6.59. The van der Waals surface area contributed by atoms with E-state index >= 15 is 0 Å². The average Bonchev–Trinajstić information content (AvgIpc) is 2.73. The third kappa shape index (κ3) is 7.78. The minimum absolute atomic E-state index is 0.132. The zero-order chi connectivity index (χ0) is 21.1. The van der Waals surface area contributed by atoms with Gasteiger partial charge in [-0.1, -0.05) is 19.1 Å². The number of nitrogens with zero attached hydrogens (tertiary/aromatic N) is 1. The van der Waals surface area contributed by atoms with Crippen molar-refractivity contribution in [2.75, 3.05) is 18.9 Å². The summed E-state index contributed by atoms with van der Waals surface area (Å²) in [5.41, 5.74) is 6.54. The molecule has 4 N–H and O–H groups in total. The molecule has 0 aliphatic rings. The predicted octanol–water partition coefficient (Wildman–Crippen LogP) is 2.95. The number of nitriles is 1. The molecular formula is C22H27N3O3S. The van der Waals surface area contributed by atoms with Crippen LogP contribution < -0.4 is 15.8 Å². The quantitative estimate of drug-likeness (QED) is 0.462. The Morgan fingerprint density at radius 3 is 2.66 bits per heavy atom. The number of aliphatic hydroxyl groups is 1. The summed E-state index contributed by atoms with van der Waals surface area (Å²) in [5, 5.41) is 22.6. The van der Waals surface area contributed by atoms with E-state index in [2.05, 4.69) is 11.4 Å². The van der Waals surface area contributed by atoms with Crippen molar-refractivity contribution in [2.24, 2.45) is 5.73 Å². The Morgan fingerprint density at radius 2 is 2.00 bits per heavy atom. The first-order valence-corrected chi connectivity index (χ1v) is 10.6. The molecule has 2 rings (SSSR count). The molecule has 2 atom stereocenters. The molecule has 0 radical (unpaired) electrons. The summed E-state index contributed by atoms with van der Waals surface area (Å²) in [6, 6.07) is 16.3. The number of nitrogens with two attached hydrogens (primary N) is 1. The minimum Gasteiger partial charge on any atom is -0.491 e. The van der Waals surface area contributed by atoms with E-state index in [1.165, 1.54) is 0 Å². The normalized spacial score (nSPS) is 12.7. The van der Waals surface area contributed by atoms with E-state index in [1.807, 2.05) is 19.1 Å². The fraction of sp³-hybridized carbons (Fsp3) is 0.364. The van der Waals surface area contributed by atoms with E-state index in [1.54, 1.807) is 48.2 Å². The van der Waals surface area contributed by atoms with Gasteiger partial charge in [0.1, 0.15) is 12.4 Å². The fourth-order valence-corrected chi connectivity index (χ4v) is 4.03. The molecule has 2 aromatic carbocycles. The van der Waals surface area contributed by atoms with Gasteiger partial charge in [-0.15, -0.1) is 11.8 Å². The van der Waals surface area contributed by atoms with Crippen molar-refractivity contribution in [3.05, 3.63) is 59.7 Å². The van der Waals surface area contributed by atoms with E-state index < -0.39 is 12.0 Å². The standard InChI is InChI=1S/C22H27N3O3S/c1-2-25-17(11-12-29-21-6-4-3-5-20(21)22(24)27)13-18(26)15-28-19-9-7-16(14-23)8-10-19/h3-10,17-18,25-26H,2,11-13,15H2,1H3,(H2,24,27). The molecule has 6 nitrogen and oxygen atoms in total. The number of hydrogen-bond donors (Lipinski definition) is 3. The molecule has 154 valence electrons. The average molecular weight is 414 g/mol. The highest BCUT2D eigenvalue weighted by Crippen LogP contribution is 2.24.